The van der Waals surface area contributed by atoms with Crippen LogP contribution in [0.3, 0.4) is 0 Å². The fourth-order valence-corrected chi connectivity index (χ4v) is 3.82. The van der Waals surface area contributed by atoms with Gasteiger partial charge >= 0.3 is 0 Å². The Balaban J connectivity index is 1.60. The van der Waals surface area contributed by atoms with Crippen molar-refractivity contribution >= 4 is 39.4 Å². The average Bonchev–Trinajstić information content (AvgIpc) is 3.33. The zero-order valence-electron chi connectivity index (χ0n) is 16.1. The highest BCUT2D eigenvalue weighted by Gasteiger charge is 2.32. The van der Waals surface area contributed by atoms with E-state index in [0.717, 1.165) is 26.9 Å². The Morgan fingerprint density at radius 2 is 1.80 bits per heavy atom. The fraction of sp³-hybridized carbons (Fsp3) is 0.0833. The Kier molecular flexibility index (Phi) is 4.64. The third-order valence-electron chi connectivity index (χ3n) is 4.94. The minimum absolute atomic E-state index is 0.179. The molecule has 2 heterocycles. The molecule has 5 nitrogen and oxygen atoms in total. The predicted molar refractivity (Wildman–Crippen MR) is 120 cm³/mol. The highest BCUT2D eigenvalue weighted by atomic mass is 79.9. The van der Waals surface area contributed by atoms with Gasteiger partial charge in [0, 0.05) is 10.0 Å². The second-order valence-corrected chi connectivity index (χ2v) is 7.98. The van der Waals surface area contributed by atoms with Crippen LogP contribution in [-0.2, 0) is 4.79 Å². The molecule has 3 aromatic carbocycles. The first-order chi connectivity index (χ1) is 14.6. The highest BCUT2D eigenvalue weighted by molar-refractivity contribution is 9.10. The number of amidine groups is 1. The van der Waals surface area contributed by atoms with Crippen LogP contribution >= 0.6 is 15.9 Å². The molecule has 0 aromatic heterocycles. The maximum absolute atomic E-state index is 13.4. The molecule has 0 bridgehead atoms. The maximum Gasteiger partial charge on any atom is 0.282 e. The fourth-order valence-electron chi connectivity index (χ4n) is 3.43. The molecular weight excluding hydrogens is 444 g/mol. The molecule has 6 heteroatoms. The van der Waals surface area contributed by atoms with Gasteiger partial charge in [0.2, 0.25) is 6.79 Å². The first kappa shape index (κ1) is 18.6. The summed E-state index contributed by atoms with van der Waals surface area (Å²) >= 11 is 3.49. The Labute approximate surface area is 182 Å². The molecule has 2 aliphatic rings. The first-order valence-corrected chi connectivity index (χ1v) is 10.2. The number of nitrogens with zero attached hydrogens (tertiary/aromatic N) is 2. The topological polar surface area (TPSA) is 51.1 Å². The lowest BCUT2D eigenvalue weighted by Crippen LogP contribution is -2.32. The van der Waals surface area contributed by atoms with Crippen molar-refractivity contribution in [2.45, 2.75) is 6.92 Å². The summed E-state index contributed by atoms with van der Waals surface area (Å²) in [7, 11) is 0. The van der Waals surface area contributed by atoms with Crippen molar-refractivity contribution in [3.63, 3.8) is 0 Å². The number of benzene rings is 3. The summed E-state index contributed by atoms with van der Waals surface area (Å²) in [6.07, 6.45) is 1.77. The van der Waals surface area contributed by atoms with Crippen LogP contribution in [0.4, 0.5) is 5.69 Å². The standard InChI is InChI=1S/C24H17BrN2O3/c1-15-5-8-17(9-6-15)23-26-20(11-16-7-10-21-22(12-16)30-14-29-21)24(28)27(23)19-4-2-3-18(25)13-19/h2-13H,14H2,1H3/b20-11+. The maximum atomic E-state index is 13.4. The smallest absolute Gasteiger partial charge is 0.282 e. The van der Waals surface area contributed by atoms with Gasteiger partial charge in [0.05, 0.1) is 5.69 Å². The summed E-state index contributed by atoms with van der Waals surface area (Å²) < 4.78 is 11.7. The van der Waals surface area contributed by atoms with Gasteiger partial charge in [-0.05, 0) is 48.9 Å². The lowest BCUT2D eigenvalue weighted by atomic mass is 10.1. The number of anilines is 1. The van der Waals surface area contributed by atoms with Gasteiger partial charge in [-0.1, -0.05) is 57.9 Å². The molecule has 0 atom stereocenters. The number of aryl methyl sites for hydroxylation is 1. The van der Waals surface area contributed by atoms with Crippen molar-refractivity contribution in [2.75, 3.05) is 11.7 Å². The number of amides is 1. The number of hydrogen-bond donors (Lipinski definition) is 0. The van der Waals surface area contributed by atoms with Crippen LogP contribution in [0.2, 0.25) is 0 Å². The van der Waals surface area contributed by atoms with E-state index in [4.69, 9.17) is 14.5 Å². The minimum Gasteiger partial charge on any atom is -0.454 e. The number of ether oxygens (including phenoxy) is 2. The van der Waals surface area contributed by atoms with Crippen molar-refractivity contribution in [1.29, 1.82) is 0 Å². The van der Waals surface area contributed by atoms with E-state index in [-0.39, 0.29) is 12.7 Å². The van der Waals surface area contributed by atoms with Gasteiger partial charge in [0.1, 0.15) is 11.5 Å². The third kappa shape index (κ3) is 3.39. The Bertz CT molecular complexity index is 1220. The number of carbonyl (C=O) groups excluding carboxylic acids is 1. The summed E-state index contributed by atoms with van der Waals surface area (Å²) in [6, 6.07) is 21.2. The molecule has 0 radical (unpaired) electrons. The minimum atomic E-state index is -0.179. The molecule has 2 aliphatic heterocycles. The molecule has 0 aliphatic carbocycles. The molecule has 3 aromatic rings. The van der Waals surface area contributed by atoms with E-state index >= 15 is 0 Å². The van der Waals surface area contributed by atoms with Gasteiger partial charge in [-0.15, -0.1) is 0 Å². The number of hydrogen-bond acceptors (Lipinski definition) is 4. The molecule has 5 rings (SSSR count). The van der Waals surface area contributed by atoms with Crippen LogP contribution < -0.4 is 14.4 Å². The molecule has 0 unspecified atom stereocenters. The molecule has 0 saturated carbocycles. The average molecular weight is 461 g/mol. The SMILES string of the molecule is Cc1ccc(C2=N/C(=C/c3ccc4c(c3)OCO4)C(=O)N2c2cccc(Br)c2)cc1. The normalized spacial score (nSPS) is 16.3. The van der Waals surface area contributed by atoms with Crippen LogP contribution in [0.5, 0.6) is 11.5 Å². The van der Waals surface area contributed by atoms with Gasteiger partial charge in [0.15, 0.2) is 11.5 Å². The number of aliphatic imine (C=N–C) groups is 1. The Hall–Kier alpha value is -3.38. The summed E-state index contributed by atoms with van der Waals surface area (Å²) in [5, 5.41) is 0. The van der Waals surface area contributed by atoms with Crippen LogP contribution in [0.25, 0.3) is 6.08 Å². The quantitative estimate of drug-likeness (QED) is 0.496. The lowest BCUT2D eigenvalue weighted by Gasteiger charge is -2.19. The van der Waals surface area contributed by atoms with Gasteiger partial charge in [-0.3, -0.25) is 9.69 Å². The van der Waals surface area contributed by atoms with Gasteiger partial charge < -0.3 is 9.47 Å². The monoisotopic (exact) mass is 460 g/mol. The van der Waals surface area contributed by atoms with E-state index in [2.05, 4.69) is 15.9 Å². The molecule has 1 amide bonds. The van der Waals surface area contributed by atoms with Crippen molar-refractivity contribution < 1.29 is 14.3 Å². The van der Waals surface area contributed by atoms with Gasteiger partial charge in [0.25, 0.3) is 5.91 Å². The largest absolute Gasteiger partial charge is 0.454 e. The number of fused-ring (bicyclic) bond motifs is 1. The van der Waals surface area contributed by atoms with Gasteiger partial charge in [-0.2, -0.15) is 0 Å². The van der Waals surface area contributed by atoms with E-state index in [0.29, 0.717) is 23.0 Å². The van der Waals surface area contributed by atoms with Crippen LogP contribution in [0.1, 0.15) is 16.7 Å². The van der Waals surface area contributed by atoms with Gasteiger partial charge in [-0.25, -0.2) is 4.99 Å². The van der Waals surface area contributed by atoms with E-state index in [1.54, 1.807) is 11.0 Å². The number of carbonyl (C=O) groups is 1. The van der Waals surface area contributed by atoms with E-state index in [9.17, 15) is 4.79 Å². The summed E-state index contributed by atoms with van der Waals surface area (Å²) in [4.78, 5) is 19.7. The third-order valence-corrected chi connectivity index (χ3v) is 5.43. The second-order valence-electron chi connectivity index (χ2n) is 7.06. The van der Waals surface area contributed by atoms with Crippen molar-refractivity contribution in [3.05, 3.63) is 93.6 Å². The highest BCUT2D eigenvalue weighted by Crippen LogP contribution is 2.34. The molecule has 0 saturated heterocycles. The number of rotatable bonds is 3. The van der Waals surface area contributed by atoms with E-state index in [1.807, 2.05) is 73.7 Å². The molecule has 0 N–H and O–H groups in total. The molecule has 0 fully saturated rings. The second kappa shape index (κ2) is 7.46. The summed E-state index contributed by atoms with van der Waals surface area (Å²) in [6.45, 7) is 2.24. The van der Waals surface area contributed by atoms with E-state index < -0.39 is 0 Å². The zero-order chi connectivity index (χ0) is 20.7. The van der Waals surface area contributed by atoms with Crippen LogP contribution in [0.15, 0.2) is 81.9 Å². The number of halogens is 1. The van der Waals surface area contributed by atoms with Crippen molar-refractivity contribution in [3.8, 4) is 11.5 Å². The zero-order valence-corrected chi connectivity index (χ0v) is 17.7. The first-order valence-electron chi connectivity index (χ1n) is 9.45. The predicted octanol–water partition coefficient (Wildman–Crippen LogP) is 5.32. The molecular formula is C24H17BrN2O3. The van der Waals surface area contributed by atoms with Crippen molar-refractivity contribution in [1.82, 2.24) is 0 Å². The van der Waals surface area contributed by atoms with Crippen LogP contribution in [0, 0.1) is 6.92 Å². The van der Waals surface area contributed by atoms with Crippen LogP contribution in [-0.4, -0.2) is 18.5 Å². The Morgan fingerprint density at radius 1 is 1.00 bits per heavy atom. The summed E-state index contributed by atoms with van der Waals surface area (Å²) in [5.41, 5.74) is 3.97. The molecule has 30 heavy (non-hydrogen) atoms. The van der Waals surface area contributed by atoms with E-state index in [1.165, 1.54) is 0 Å². The van der Waals surface area contributed by atoms with Crippen molar-refractivity contribution in [2.24, 2.45) is 4.99 Å². The molecule has 0 spiro atoms. The Morgan fingerprint density at radius 3 is 2.60 bits per heavy atom. The molecule has 148 valence electrons. The summed E-state index contributed by atoms with van der Waals surface area (Å²) in [5.74, 6) is 1.79. The lowest BCUT2D eigenvalue weighted by molar-refractivity contribution is -0.113.